The summed E-state index contributed by atoms with van der Waals surface area (Å²) in [6, 6.07) is -0.578. The first-order chi connectivity index (χ1) is 13.6. The Bertz CT molecular complexity index is 869. The van der Waals surface area contributed by atoms with Gasteiger partial charge >= 0.3 is 11.7 Å². The Morgan fingerprint density at radius 2 is 1.97 bits per heavy atom. The van der Waals surface area contributed by atoms with Crippen LogP contribution in [0.1, 0.15) is 18.2 Å². The van der Waals surface area contributed by atoms with Crippen LogP contribution >= 0.6 is 0 Å². The highest BCUT2D eigenvalue weighted by atomic mass is 16.7. The number of ether oxygens (including phenoxy) is 3. The molecule has 0 amide bonds. The van der Waals surface area contributed by atoms with E-state index in [1.54, 1.807) is 0 Å². The molecule has 2 aliphatic rings. The number of aromatic nitrogens is 2. The molecule has 0 saturated carbocycles. The number of H-pyrrole nitrogens is 1. The van der Waals surface area contributed by atoms with E-state index in [0.717, 1.165) is 0 Å². The number of aromatic amines is 1. The number of nitrogens with zero attached hydrogens (tertiary/aromatic N) is 1. The number of aliphatic carboxylic acids is 1. The summed E-state index contributed by atoms with van der Waals surface area (Å²) in [4.78, 5) is 36.8. The summed E-state index contributed by atoms with van der Waals surface area (Å²) in [5.41, 5.74) is 5.16. The lowest BCUT2D eigenvalue weighted by Gasteiger charge is -2.38. The summed E-state index contributed by atoms with van der Waals surface area (Å²) in [7, 11) is 0. The maximum Gasteiger partial charge on any atom is 0.335 e. The minimum Gasteiger partial charge on any atom is -0.479 e. The van der Waals surface area contributed by atoms with Gasteiger partial charge in [-0.1, -0.05) is 0 Å². The predicted octanol–water partition coefficient (Wildman–Crippen LogP) is -3.63. The van der Waals surface area contributed by atoms with Crippen LogP contribution in [0.4, 0.5) is 0 Å². The van der Waals surface area contributed by atoms with E-state index in [1.807, 2.05) is 0 Å². The smallest absolute Gasteiger partial charge is 0.335 e. The van der Waals surface area contributed by atoms with E-state index in [1.165, 1.54) is 17.7 Å². The molecule has 3 heterocycles. The van der Waals surface area contributed by atoms with Crippen molar-refractivity contribution in [3.8, 4) is 0 Å². The van der Waals surface area contributed by atoms with Crippen molar-refractivity contribution in [2.24, 2.45) is 5.73 Å². The Morgan fingerprint density at radius 3 is 2.62 bits per heavy atom. The van der Waals surface area contributed by atoms with Crippen LogP contribution in [0, 0.1) is 6.92 Å². The number of nitrogens with one attached hydrogen (secondary N) is 1. The molecule has 29 heavy (non-hydrogen) atoms. The van der Waals surface area contributed by atoms with Gasteiger partial charge in [-0.2, -0.15) is 0 Å². The Labute approximate surface area is 163 Å². The third-order valence-corrected chi connectivity index (χ3v) is 4.98. The average molecular weight is 417 g/mol. The number of aliphatic hydroxyl groups is 3. The lowest BCUT2D eigenvalue weighted by molar-refractivity contribution is -0.298. The van der Waals surface area contributed by atoms with Crippen molar-refractivity contribution in [3.05, 3.63) is 32.6 Å². The second-order valence-corrected chi connectivity index (χ2v) is 7.08. The van der Waals surface area contributed by atoms with Crippen molar-refractivity contribution in [3.63, 3.8) is 0 Å². The highest BCUT2D eigenvalue weighted by molar-refractivity contribution is 5.73. The van der Waals surface area contributed by atoms with E-state index in [-0.39, 0.29) is 13.0 Å². The van der Waals surface area contributed by atoms with Gasteiger partial charge in [0.15, 0.2) is 12.4 Å². The van der Waals surface area contributed by atoms with E-state index in [9.17, 15) is 29.7 Å². The zero-order valence-corrected chi connectivity index (χ0v) is 15.4. The quantitative estimate of drug-likeness (QED) is 0.275. The molecule has 13 heteroatoms. The van der Waals surface area contributed by atoms with E-state index in [4.69, 9.17) is 25.1 Å². The first-order valence-corrected chi connectivity index (χ1v) is 8.87. The number of hydrogen-bond donors (Lipinski definition) is 6. The van der Waals surface area contributed by atoms with Gasteiger partial charge in [0, 0.05) is 24.2 Å². The van der Waals surface area contributed by atoms with E-state index >= 15 is 0 Å². The molecule has 0 radical (unpaired) electrons. The molecule has 0 aliphatic carbocycles. The van der Waals surface area contributed by atoms with Crippen LogP contribution in [0.25, 0.3) is 0 Å². The van der Waals surface area contributed by atoms with Gasteiger partial charge < -0.3 is 40.4 Å². The summed E-state index contributed by atoms with van der Waals surface area (Å²) >= 11 is 0. The fourth-order valence-corrected chi connectivity index (χ4v) is 3.26. The molecule has 1 aromatic rings. The molecule has 13 nitrogen and oxygen atoms in total. The molecule has 2 aliphatic heterocycles. The molecule has 0 bridgehead atoms. The van der Waals surface area contributed by atoms with Crippen LogP contribution in [-0.2, 0) is 19.0 Å². The van der Waals surface area contributed by atoms with E-state index in [0.29, 0.717) is 5.56 Å². The van der Waals surface area contributed by atoms with Crippen LogP contribution in [0.15, 0.2) is 15.8 Å². The monoisotopic (exact) mass is 417 g/mol. The van der Waals surface area contributed by atoms with Crippen molar-refractivity contribution in [1.29, 1.82) is 0 Å². The molecule has 3 rings (SSSR count). The fraction of sp³-hybridized carbons (Fsp3) is 0.688. The van der Waals surface area contributed by atoms with Gasteiger partial charge in [-0.3, -0.25) is 14.3 Å². The lowest BCUT2D eigenvalue weighted by atomic mass is 9.99. The number of carboxylic acid groups (broad SMARTS) is 1. The highest BCUT2D eigenvalue weighted by Crippen LogP contribution is 2.28. The normalized spacial score (nSPS) is 37.6. The zero-order chi connectivity index (χ0) is 21.5. The standard InChI is InChI=1S/C16H23N3O10/c1-5-3-19(16(26)18-13(5)23)8-2-6(17)7(28-8)4-27-15-11(22)9(20)10(21)12(29-15)14(24)25/h3,6-12,15,20-22H,2,4,17H2,1H3,(H,24,25)(H,18,23,26)/t6-,7+,8+,9-,10-,11+,12-,15?/m0/s1. The van der Waals surface area contributed by atoms with Crippen molar-refractivity contribution in [1.82, 2.24) is 9.55 Å². The number of hydrogen-bond acceptors (Lipinski definition) is 10. The van der Waals surface area contributed by atoms with Crippen molar-refractivity contribution < 1.29 is 39.4 Å². The van der Waals surface area contributed by atoms with Gasteiger partial charge in [0.1, 0.15) is 24.5 Å². The number of rotatable bonds is 5. The molecule has 1 unspecified atom stereocenters. The van der Waals surface area contributed by atoms with Crippen molar-refractivity contribution in [2.75, 3.05) is 6.61 Å². The van der Waals surface area contributed by atoms with Gasteiger partial charge in [0.05, 0.1) is 12.7 Å². The summed E-state index contributed by atoms with van der Waals surface area (Å²) < 4.78 is 17.3. The SMILES string of the molecule is Cc1cn([C@H]2C[C@H](N)[C@@H](COC3O[C@H](C(=O)O)[C@@H](O)[C@H](O)[C@H]3O)O2)c(=O)[nH]c1=O. The molecule has 2 fully saturated rings. The van der Waals surface area contributed by atoms with Gasteiger partial charge in [-0.05, 0) is 6.92 Å². The lowest BCUT2D eigenvalue weighted by Crippen LogP contribution is -2.60. The second-order valence-electron chi connectivity index (χ2n) is 7.08. The number of carboxylic acids is 1. The molecule has 8 atom stereocenters. The fourth-order valence-electron chi connectivity index (χ4n) is 3.26. The molecule has 2 saturated heterocycles. The molecule has 162 valence electrons. The van der Waals surface area contributed by atoms with Crippen LogP contribution in [0.5, 0.6) is 0 Å². The second kappa shape index (κ2) is 8.31. The number of aryl methyl sites for hydroxylation is 1. The first kappa shape index (κ1) is 21.6. The molecule has 1 aromatic heterocycles. The van der Waals surface area contributed by atoms with Crippen LogP contribution in [0.3, 0.4) is 0 Å². The molecule has 0 aromatic carbocycles. The van der Waals surface area contributed by atoms with Gasteiger partial charge in [-0.25, -0.2) is 9.59 Å². The minimum atomic E-state index is -1.83. The number of carbonyl (C=O) groups is 1. The Hall–Kier alpha value is -2.13. The predicted molar refractivity (Wildman–Crippen MR) is 92.8 cm³/mol. The minimum absolute atomic E-state index is 0.229. The average Bonchev–Trinajstić information content (AvgIpc) is 3.02. The van der Waals surface area contributed by atoms with Crippen LogP contribution < -0.4 is 17.0 Å². The van der Waals surface area contributed by atoms with Crippen molar-refractivity contribution in [2.45, 2.75) is 62.4 Å². The zero-order valence-electron chi connectivity index (χ0n) is 15.4. The maximum absolute atomic E-state index is 12.0. The number of aliphatic hydroxyl groups excluding tert-OH is 3. The Balaban J connectivity index is 1.65. The number of nitrogens with two attached hydrogens (primary N) is 1. The summed E-state index contributed by atoms with van der Waals surface area (Å²) in [5.74, 6) is -1.53. The Kier molecular flexibility index (Phi) is 6.19. The molecular weight excluding hydrogens is 394 g/mol. The molecule has 0 spiro atoms. The van der Waals surface area contributed by atoms with Gasteiger partial charge in [0.25, 0.3) is 5.56 Å². The first-order valence-electron chi connectivity index (χ1n) is 8.87. The summed E-state index contributed by atoms with van der Waals surface area (Å²) in [6.07, 6.45) is -8.57. The third kappa shape index (κ3) is 4.25. The third-order valence-electron chi connectivity index (χ3n) is 4.98. The highest BCUT2D eigenvalue weighted by Gasteiger charge is 2.48. The molecular formula is C16H23N3O10. The van der Waals surface area contributed by atoms with Crippen LogP contribution in [0.2, 0.25) is 0 Å². The summed E-state index contributed by atoms with van der Waals surface area (Å²) in [6.45, 7) is 1.29. The molecule has 7 N–H and O–H groups in total. The van der Waals surface area contributed by atoms with E-state index < -0.39 is 66.3 Å². The topological polar surface area (TPSA) is 207 Å². The van der Waals surface area contributed by atoms with Gasteiger partial charge in [-0.15, -0.1) is 0 Å². The van der Waals surface area contributed by atoms with Gasteiger partial charge in [0.2, 0.25) is 0 Å². The Morgan fingerprint density at radius 1 is 1.28 bits per heavy atom. The largest absolute Gasteiger partial charge is 0.479 e. The van der Waals surface area contributed by atoms with Crippen molar-refractivity contribution >= 4 is 5.97 Å². The maximum atomic E-state index is 12.0. The van der Waals surface area contributed by atoms with Crippen LogP contribution in [-0.4, -0.2) is 85.4 Å². The summed E-state index contributed by atoms with van der Waals surface area (Å²) in [5, 5.41) is 38.5. The van der Waals surface area contributed by atoms with E-state index in [2.05, 4.69) is 4.98 Å².